The van der Waals surface area contributed by atoms with Crippen LogP contribution >= 0.6 is 15.9 Å². The van der Waals surface area contributed by atoms with Gasteiger partial charge in [0.25, 0.3) is 0 Å². The van der Waals surface area contributed by atoms with E-state index in [2.05, 4.69) is 15.9 Å². The second-order valence-electron chi connectivity index (χ2n) is 2.58. The molecule has 4 heteroatoms. The Morgan fingerprint density at radius 2 is 1.70 bits per heavy atom. The van der Waals surface area contributed by atoms with Crippen LogP contribution in [0.4, 0.5) is 0 Å². The summed E-state index contributed by atoms with van der Waals surface area (Å²) in [5, 5.41) is 18.4. The van der Waals surface area contributed by atoms with Crippen LogP contribution in [0.1, 0.15) is 20.8 Å². The van der Waals surface area contributed by atoms with Gasteiger partial charge in [-0.1, -0.05) is 15.9 Å². The van der Waals surface area contributed by atoms with Gasteiger partial charge in [-0.25, -0.2) is 0 Å². The van der Waals surface area contributed by atoms with Crippen LogP contribution in [-0.4, -0.2) is 26.1 Å². The van der Waals surface area contributed by atoms with Crippen molar-refractivity contribution < 1.29 is 15.0 Å². The average Bonchev–Trinajstić information content (AvgIpc) is 1.62. The number of rotatable bonds is 2. The van der Waals surface area contributed by atoms with E-state index in [9.17, 15) is 9.90 Å². The van der Waals surface area contributed by atoms with Gasteiger partial charge in [-0.15, -0.1) is 0 Å². The monoisotopic (exact) mass is 210 g/mol. The largest absolute Gasteiger partial charge is 0.378 e. The fourth-order valence-electron chi connectivity index (χ4n) is 0.321. The summed E-state index contributed by atoms with van der Waals surface area (Å²) in [6, 6.07) is 0. The topological polar surface area (TPSA) is 57.5 Å². The molecule has 0 aromatic carbocycles. The van der Waals surface area contributed by atoms with Crippen molar-refractivity contribution in [2.24, 2.45) is 0 Å². The van der Waals surface area contributed by atoms with Gasteiger partial charge in [0.2, 0.25) is 0 Å². The highest BCUT2D eigenvalue weighted by molar-refractivity contribution is 9.10. The summed E-state index contributed by atoms with van der Waals surface area (Å²) >= 11 is 2.79. The molecule has 0 saturated heterocycles. The third-order valence-electron chi connectivity index (χ3n) is 1.57. The van der Waals surface area contributed by atoms with Gasteiger partial charge in [0.05, 0.1) is 0 Å². The van der Waals surface area contributed by atoms with Crippen LogP contribution in [0.15, 0.2) is 0 Å². The van der Waals surface area contributed by atoms with Crippen LogP contribution in [0.2, 0.25) is 0 Å². The summed E-state index contributed by atoms with van der Waals surface area (Å²) in [5.41, 5.74) is -1.73. The van der Waals surface area contributed by atoms with Crippen molar-refractivity contribution in [3.05, 3.63) is 0 Å². The Morgan fingerprint density at radius 3 is 1.70 bits per heavy atom. The van der Waals surface area contributed by atoms with Crippen molar-refractivity contribution in [1.29, 1.82) is 0 Å². The van der Waals surface area contributed by atoms with Gasteiger partial charge in [-0.05, 0) is 20.8 Å². The number of aliphatic hydroxyl groups is 2. The first-order chi connectivity index (χ1) is 4.19. The highest BCUT2D eigenvalue weighted by atomic mass is 79.9. The second-order valence-corrected chi connectivity index (χ2v) is 4.13. The molecule has 0 saturated carbocycles. The van der Waals surface area contributed by atoms with E-state index in [1.807, 2.05) is 0 Å². The molecular weight excluding hydrogens is 200 g/mol. The molecule has 0 fully saturated rings. The molecule has 0 aliphatic heterocycles. The van der Waals surface area contributed by atoms with Crippen molar-refractivity contribution >= 4 is 21.7 Å². The Morgan fingerprint density at radius 1 is 1.40 bits per heavy atom. The van der Waals surface area contributed by atoms with Crippen LogP contribution in [0, 0.1) is 0 Å². The summed E-state index contributed by atoms with van der Waals surface area (Å²) in [4.78, 5) is 10.7. The fraction of sp³-hybridized carbons (Fsp3) is 0.833. The lowest BCUT2D eigenvalue weighted by Crippen LogP contribution is -2.50. The van der Waals surface area contributed by atoms with E-state index < -0.39 is 15.9 Å². The predicted octanol–water partition coefficient (Wildman–Crippen LogP) is 0.430. The van der Waals surface area contributed by atoms with E-state index in [1.54, 1.807) is 0 Å². The minimum absolute atomic E-state index is 0.477. The molecule has 10 heavy (non-hydrogen) atoms. The Bertz CT molecular complexity index is 146. The fourth-order valence-corrected chi connectivity index (χ4v) is 0.600. The number of halogens is 1. The summed E-state index contributed by atoms with van der Waals surface area (Å²) in [6.07, 6.45) is 0. The third kappa shape index (κ3) is 1.78. The van der Waals surface area contributed by atoms with Gasteiger partial charge in [-0.2, -0.15) is 0 Å². The average molecular weight is 211 g/mol. The molecule has 0 amide bonds. The minimum atomic E-state index is -1.73. The number of hydrogen-bond donors (Lipinski definition) is 2. The van der Waals surface area contributed by atoms with Crippen molar-refractivity contribution in [3.8, 4) is 0 Å². The molecular formula is C6H11BrO3. The van der Waals surface area contributed by atoms with Gasteiger partial charge in [-0.3, -0.25) is 4.79 Å². The molecule has 0 heterocycles. The van der Waals surface area contributed by atoms with Gasteiger partial charge in [0, 0.05) is 0 Å². The highest BCUT2D eigenvalue weighted by Gasteiger charge is 2.43. The zero-order valence-electron chi connectivity index (χ0n) is 6.18. The lowest BCUT2D eigenvalue weighted by molar-refractivity contribution is -0.146. The van der Waals surface area contributed by atoms with Gasteiger partial charge in [0.15, 0.2) is 15.9 Å². The molecule has 0 aromatic heterocycles. The molecule has 0 aliphatic carbocycles. The van der Waals surface area contributed by atoms with Crippen LogP contribution in [0.25, 0.3) is 0 Å². The first-order valence-electron chi connectivity index (χ1n) is 2.84. The van der Waals surface area contributed by atoms with Gasteiger partial charge < -0.3 is 10.2 Å². The summed E-state index contributed by atoms with van der Waals surface area (Å²) in [5.74, 6) is -0.477. The SMILES string of the molecule is CC(=O)[C@@](C)(O)[C@](C)(O)Br. The molecule has 0 unspecified atom stereocenters. The Hall–Kier alpha value is 0.0700. The van der Waals surface area contributed by atoms with E-state index in [1.165, 1.54) is 20.8 Å². The number of hydrogen-bond acceptors (Lipinski definition) is 3. The minimum Gasteiger partial charge on any atom is -0.378 e. The molecule has 0 aliphatic rings. The molecule has 2 N–H and O–H groups in total. The normalized spacial score (nSPS) is 23.0. The van der Waals surface area contributed by atoms with Crippen LogP contribution < -0.4 is 0 Å². The number of carbonyl (C=O) groups is 1. The quantitative estimate of drug-likeness (QED) is 0.651. The van der Waals surface area contributed by atoms with E-state index in [0.717, 1.165) is 0 Å². The first kappa shape index (κ1) is 10.1. The smallest absolute Gasteiger partial charge is 0.164 e. The summed E-state index contributed by atoms with van der Waals surface area (Å²) in [7, 11) is 0. The number of Topliss-reactive ketones (excluding diaryl/α,β-unsaturated/α-hetero) is 1. The van der Waals surface area contributed by atoms with Gasteiger partial charge in [0.1, 0.15) is 0 Å². The summed E-state index contributed by atoms with van der Waals surface area (Å²) < 4.78 is -1.56. The van der Waals surface area contributed by atoms with Crippen LogP contribution in [-0.2, 0) is 4.79 Å². The molecule has 0 rings (SSSR count). The summed E-state index contributed by atoms with van der Waals surface area (Å²) in [6.45, 7) is 3.79. The maximum absolute atomic E-state index is 10.7. The first-order valence-corrected chi connectivity index (χ1v) is 3.63. The lowest BCUT2D eigenvalue weighted by atomic mass is 9.96. The Kier molecular flexibility index (Phi) is 2.62. The van der Waals surface area contributed by atoms with Crippen molar-refractivity contribution in [2.45, 2.75) is 30.9 Å². The molecule has 3 nitrogen and oxygen atoms in total. The Balaban J connectivity index is 4.57. The number of alkyl halides is 1. The van der Waals surface area contributed by atoms with E-state index >= 15 is 0 Å². The maximum atomic E-state index is 10.7. The van der Waals surface area contributed by atoms with E-state index in [4.69, 9.17) is 5.11 Å². The second kappa shape index (κ2) is 2.60. The molecule has 2 atom stereocenters. The molecule has 60 valence electrons. The van der Waals surface area contributed by atoms with Crippen molar-refractivity contribution in [2.75, 3.05) is 0 Å². The Labute approximate surface area is 68.2 Å². The molecule has 0 spiro atoms. The molecule has 0 bridgehead atoms. The zero-order chi connectivity index (χ0) is 8.58. The van der Waals surface area contributed by atoms with Crippen LogP contribution in [0.3, 0.4) is 0 Å². The standard InChI is InChI=1S/C6H11BrO3/c1-4(8)5(2,9)6(3,7)10/h9-10H,1-3H3/t5-,6+/m1/s1. The maximum Gasteiger partial charge on any atom is 0.164 e. The number of ketones is 1. The molecule has 0 radical (unpaired) electrons. The lowest BCUT2D eigenvalue weighted by Gasteiger charge is -2.30. The molecule has 0 aromatic rings. The highest BCUT2D eigenvalue weighted by Crippen LogP contribution is 2.28. The number of carbonyl (C=O) groups excluding carboxylic acids is 1. The van der Waals surface area contributed by atoms with E-state index in [0.29, 0.717) is 0 Å². The predicted molar refractivity (Wildman–Crippen MR) is 40.9 cm³/mol. The van der Waals surface area contributed by atoms with Crippen molar-refractivity contribution in [1.82, 2.24) is 0 Å². The van der Waals surface area contributed by atoms with Gasteiger partial charge >= 0.3 is 0 Å². The van der Waals surface area contributed by atoms with Crippen LogP contribution in [0.5, 0.6) is 0 Å². The third-order valence-corrected chi connectivity index (χ3v) is 2.35. The van der Waals surface area contributed by atoms with E-state index in [-0.39, 0.29) is 0 Å². The zero-order valence-corrected chi connectivity index (χ0v) is 7.77. The van der Waals surface area contributed by atoms with Crippen molar-refractivity contribution in [3.63, 3.8) is 0 Å².